The second-order valence-corrected chi connectivity index (χ2v) is 3.73. The molecule has 0 aliphatic heterocycles. The molecule has 1 rings (SSSR count). The van der Waals surface area contributed by atoms with Gasteiger partial charge in [0.1, 0.15) is 10.8 Å². The van der Waals surface area contributed by atoms with E-state index in [0.717, 1.165) is 0 Å². The minimum absolute atomic E-state index is 0.246. The van der Waals surface area contributed by atoms with Crippen LogP contribution in [0.15, 0.2) is 6.07 Å². The van der Waals surface area contributed by atoms with Gasteiger partial charge in [-0.15, -0.1) is 6.42 Å². The molecule has 1 amide bonds. The van der Waals surface area contributed by atoms with Crippen molar-refractivity contribution in [3.8, 4) is 12.3 Å². The molecule has 1 aromatic heterocycles. The summed E-state index contributed by atoms with van der Waals surface area (Å²) in [6.45, 7) is 1.89. The lowest BCUT2D eigenvalue weighted by molar-refractivity contribution is 0.0940. The van der Waals surface area contributed by atoms with Crippen LogP contribution in [-0.2, 0) is 0 Å². The third kappa shape index (κ3) is 2.92. The minimum Gasteiger partial charge on any atom is -0.340 e. The predicted molar refractivity (Wildman–Crippen MR) is 61.2 cm³/mol. The standard InChI is InChI=1S/C10H10Cl2N2O/c1-3-6(4-2)13-10(15)8-5-7(11)9(12)14-8/h1,5-6,14H,4H2,2H3,(H,13,15). The third-order valence-corrected chi connectivity index (χ3v) is 2.58. The Hall–Kier alpha value is -1.11. The smallest absolute Gasteiger partial charge is 0.268 e. The van der Waals surface area contributed by atoms with Crippen LogP contribution >= 0.6 is 23.2 Å². The Balaban J connectivity index is 2.74. The van der Waals surface area contributed by atoms with Gasteiger partial charge in [0, 0.05) is 0 Å². The molecular weight excluding hydrogens is 235 g/mol. The molecule has 0 radical (unpaired) electrons. The SMILES string of the molecule is C#CC(CC)NC(=O)c1cc(Cl)c(Cl)[nH]1. The van der Waals surface area contributed by atoms with Gasteiger partial charge in [-0.3, -0.25) is 4.79 Å². The summed E-state index contributed by atoms with van der Waals surface area (Å²) in [5.74, 6) is 2.15. The van der Waals surface area contributed by atoms with Crippen LogP contribution in [0.3, 0.4) is 0 Å². The van der Waals surface area contributed by atoms with Crippen LogP contribution in [0.25, 0.3) is 0 Å². The second-order valence-electron chi connectivity index (χ2n) is 2.95. The van der Waals surface area contributed by atoms with Crippen LogP contribution < -0.4 is 5.32 Å². The Bertz CT molecular complexity index is 387. The summed E-state index contributed by atoms with van der Waals surface area (Å²) in [4.78, 5) is 14.2. The van der Waals surface area contributed by atoms with Gasteiger partial charge in [-0.1, -0.05) is 36.0 Å². The maximum atomic E-state index is 11.6. The quantitative estimate of drug-likeness (QED) is 0.789. The summed E-state index contributed by atoms with van der Waals surface area (Å²) in [7, 11) is 0. The molecule has 1 aromatic rings. The summed E-state index contributed by atoms with van der Waals surface area (Å²) in [5.41, 5.74) is 0.304. The average molecular weight is 245 g/mol. The monoisotopic (exact) mass is 244 g/mol. The maximum absolute atomic E-state index is 11.6. The minimum atomic E-state index is -0.311. The van der Waals surface area contributed by atoms with E-state index in [0.29, 0.717) is 17.1 Å². The number of halogens is 2. The molecule has 1 atom stereocenters. The Morgan fingerprint density at radius 2 is 2.40 bits per heavy atom. The first kappa shape index (κ1) is 12.0. The molecule has 80 valence electrons. The summed E-state index contributed by atoms with van der Waals surface area (Å²) in [6.07, 6.45) is 5.89. The second kappa shape index (κ2) is 5.11. The first-order valence-corrected chi connectivity index (χ1v) is 5.15. The molecule has 0 spiro atoms. The van der Waals surface area contributed by atoms with Gasteiger partial charge in [0.25, 0.3) is 5.91 Å². The normalized spacial score (nSPS) is 11.9. The number of hydrogen-bond donors (Lipinski definition) is 2. The van der Waals surface area contributed by atoms with Crippen LogP contribution in [0.5, 0.6) is 0 Å². The highest BCUT2D eigenvalue weighted by Crippen LogP contribution is 2.21. The molecule has 5 heteroatoms. The molecule has 1 unspecified atom stereocenters. The number of amides is 1. The van der Waals surface area contributed by atoms with Gasteiger partial charge in [0.15, 0.2) is 0 Å². The van der Waals surface area contributed by atoms with Crippen molar-refractivity contribution in [1.82, 2.24) is 10.3 Å². The highest BCUT2D eigenvalue weighted by molar-refractivity contribution is 6.41. The number of rotatable bonds is 3. The van der Waals surface area contributed by atoms with E-state index in [1.165, 1.54) is 6.07 Å². The summed E-state index contributed by atoms with van der Waals surface area (Å²) in [5, 5.41) is 3.21. The van der Waals surface area contributed by atoms with Crippen LogP contribution in [0.1, 0.15) is 23.8 Å². The molecule has 15 heavy (non-hydrogen) atoms. The lowest BCUT2D eigenvalue weighted by Gasteiger charge is -2.08. The molecule has 0 aliphatic carbocycles. The van der Waals surface area contributed by atoms with Crippen molar-refractivity contribution >= 4 is 29.1 Å². The number of aromatic amines is 1. The van der Waals surface area contributed by atoms with Crippen LogP contribution in [0.2, 0.25) is 10.2 Å². The first-order valence-electron chi connectivity index (χ1n) is 4.39. The van der Waals surface area contributed by atoms with E-state index in [1.54, 1.807) is 0 Å². The first-order chi connectivity index (χ1) is 7.08. The van der Waals surface area contributed by atoms with Gasteiger partial charge >= 0.3 is 0 Å². The van der Waals surface area contributed by atoms with Crippen molar-refractivity contribution in [2.45, 2.75) is 19.4 Å². The largest absolute Gasteiger partial charge is 0.340 e. The number of nitrogens with one attached hydrogen (secondary N) is 2. The Kier molecular flexibility index (Phi) is 4.07. The maximum Gasteiger partial charge on any atom is 0.268 e. The van der Waals surface area contributed by atoms with E-state index in [2.05, 4.69) is 16.2 Å². The van der Waals surface area contributed by atoms with E-state index in [1.807, 2.05) is 6.92 Å². The van der Waals surface area contributed by atoms with E-state index < -0.39 is 0 Å². The lowest BCUT2D eigenvalue weighted by atomic mass is 10.2. The molecule has 3 nitrogen and oxygen atoms in total. The van der Waals surface area contributed by atoms with Gasteiger partial charge in [-0.2, -0.15) is 0 Å². The molecule has 0 bridgehead atoms. The van der Waals surface area contributed by atoms with E-state index in [9.17, 15) is 4.79 Å². The zero-order chi connectivity index (χ0) is 11.4. The number of carbonyl (C=O) groups excluding carboxylic acids is 1. The lowest BCUT2D eigenvalue weighted by Crippen LogP contribution is -2.33. The summed E-state index contributed by atoms with van der Waals surface area (Å²) in [6, 6.07) is 1.18. The molecule has 0 saturated heterocycles. The zero-order valence-electron chi connectivity index (χ0n) is 8.10. The van der Waals surface area contributed by atoms with Crippen molar-refractivity contribution in [2.24, 2.45) is 0 Å². The van der Waals surface area contributed by atoms with Gasteiger partial charge < -0.3 is 10.3 Å². The van der Waals surface area contributed by atoms with Gasteiger partial charge in [-0.25, -0.2) is 0 Å². The molecule has 0 saturated carbocycles. The molecular formula is C10H10Cl2N2O. The van der Waals surface area contributed by atoms with E-state index in [4.69, 9.17) is 29.6 Å². The molecule has 0 aliphatic rings. The molecule has 0 aromatic carbocycles. The van der Waals surface area contributed by atoms with Gasteiger partial charge in [0.05, 0.1) is 11.1 Å². The van der Waals surface area contributed by atoms with E-state index >= 15 is 0 Å². The van der Waals surface area contributed by atoms with Crippen molar-refractivity contribution in [1.29, 1.82) is 0 Å². The van der Waals surface area contributed by atoms with Crippen LogP contribution in [0.4, 0.5) is 0 Å². The van der Waals surface area contributed by atoms with Crippen LogP contribution in [0, 0.1) is 12.3 Å². The predicted octanol–water partition coefficient (Wildman–Crippen LogP) is 2.46. The molecule has 1 heterocycles. The highest BCUT2D eigenvalue weighted by Gasteiger charge is 2.13. The summed E-state index contributed by atoms with van der Waals surface area (Å²) >= 11 is 11.4. The molecule has 2 N–H and O–H groups in total. The van der Waals surface area contributed by atoms with Crippen molar-refractivity contribution in [3.63, 3.8) is 0 Å². The Morgan fingerprint density at radius 1 is 1.73 bits per heavy atom. The third-order valence-electron chi connectivity index (χ3n) is 1.88. The highest BCUT2D eigenvalue weighted by atomic mass is 35.5. The van der Waals surface area contributed by atoms with Crippen molar-refractivity contribution in [3.05, 3.63) is 21.9 Å². The number of carbonyl (C=O) groups is 1. The van der Waals surface area contributed by atoms with Gasteiger partial charge in [0.2, 0.25) is 0 Å². The average Bonchev–Trinajstić information content (AvgIpc) is 2.55. The Morgan fingerprint density at radius 3 is 2.80 bits per heavy atom. The van der Waals surface area contributed by atoms with Crippen LogP contribution in [-0.4, -0.2) is 16.9 Å². The fraction of sp³-hybridized carbons (Fsp3) is 0.300. The number of hydrogen-bond acceptors (Lipinski definition) is 1. The molecule has 0 fully saturated rings. The fourth-order valence-corrected chi connectivity index (χ4v) is 1.34. The van der Waals surface area contributed by atoms with Crippen molar-refractivity contribution < 1.29 is 4.79 Å². The number of terminal acetylenes is 1. The number of H-pyrrole nitrogens is 1. The zero-order valence-corrected chi connectivity index (χ0v) is 9.62. The summed E-state index contributed by atoms with van der Waals surface area (Å²) < 4.78 is 0. The van der Waals surface area contributed by atoms with Crippen molar-refractivity contribution in [2.75, 3.05) is 0 Å². The van der Waals surface area contributed by atoms with E-state index in [-0.39, 0.29) is 17.1 Å². The number of aromatic nitrogens is 1. The van der Waals surface area contributed by atoms with Gasteiger partial charge in [-0.05, 0) is 12.5 Å². The Labute approximate surface area is 98.1 Å². The topological polar surface area (TPSA) is 44.9 Å². The fourth-order valence-electron chi connectivity index (χ4n) is 1.02.